The van der Waals surface area contributed by atoms with E-state index in [4.69, 9.17) is 15.8 Å². The zero-order valence-electron chi connectivity index (χ0n) is 11.4. The molecule has 0 heterocycles. The fourth-order valence-corrected chi connectivity index (χ4v) is 3.02. The van der Waals surface area contributed by atoms with Crippen LogP contribution in [0.4, 0.5) is 0 Å². The second-order valence-corrected chi connectivity index (χ2v) is 8.22. The van der Waals surface area contributed by atoms with Crippen LogP contribution >= 0.6 is 18.0 Å². The number of halogens is 1. The topological polar surface area (TPSA) is 26.3 Å². The zero-order valence-corrected chi connectivity index (χ0v) is 13.1. The van der Waals surface area contributed by atoms with Gasteiger partial charge in [0.25, 0.3) is 6.72 Å². The normalized spacial score (nSPS) is 14.8. The molecule has 0 fully saturated rings. The Balaban J connectivity index is 3.11. The summed E-state index contributed by atoms with van der Waals surface area (Å²) in [5, 5.41) is 0. The Morgan fingerprint density at radius 3 is 1.71 bits per heavy atom. The smallest absolute Gasteiger partial charge is 0.289 e. The number of hydrogen-bond donors (Lipinski definition) is 0. The van der Waals surface area contributed by atoms with Crippen LogP contribution in [0.2, 0.25) is 0 Å². The number of rotatable bonds is 12. The van der Waals surface area contributed by atoms with Gasteiger partial charge >= 0.3 is 0 Å². The van der Waals surface area contributed by atoms with Gasteiger partial charge in [-0.05, 0) is 17.7 Å². The lowest BCUT2D eigenvalue weighted by Crippen LogP contribution is -1.87. The minimum atomic E-state index is -2.78. The van der Waals surface area contributed by atoms with Crippen LogP contribution in [0.15, 0.2) is 0 Å². The highest BCUT2D eigenvalue weighted by molar-refractivity contribution is 7.85. The molecular formula is C13H28ClO2P. The second kappa shape index (κ2) is 11.6. The summed E-state index contributed by atoms with van der Waals surface area (Å²) in [6, 6.07) is 0. The molecule has 0 amide bonds. The molecule has 0 saturated heterocycles. The van der Waals surface area contributed by atoms with Gasteiger partial charge in [-0.3, -0.25) is 4.57 Å². The fourth-order valence-electron chi connectivity index (χ4n) is 1.88. The Morgan fingerprint density at radius 2 is 1.29 bits per heavy atom. The van der Waals surface area contributed by atoms with Gasteiger partial charge in [0.2, 0.25) is 0 Å². The molecule has 0 rings (SSSR count). The van der Waals surface area contributed by atoms with E-state index in [0.717, 1.165) is 12.8 Å². The van der Waals surface area contributed by atoms with Crippen LogP contribution in [0.25, 0.3) is 0 Å². The Hall–Kier alpha value is 0.480. The van der Waals surface area contributed by atoms with Crippen molar-refractivity contribution in [3.8, 4) is 0 Å². The third-order valence-electron chi connectivity index (χ3n) is 3.05. The van der Waals surface area contributed by atoms with Gasteiger partial charge < -0.3 is 4.52 Å². The van der Waals surface area contributed by atoms with Gasteiger partial charge in [0.15, 0.2) is 0 Å². The highest BCUT2D eigenvalue weighted by Crippen LogP contribution is 2.52. The van der Waals surface area contributed by atoms with Crippen molar-refractivity contribution in [1.82, 2.24) is 0 Å². The molecule has 0 spiro atoms. The molecule has 0 aliphatic carbocycles. The van der Waals surface area contributed by atoms with Crippen molar-refractivity contribution in [1.29, 1.82) is 0 Å². The summed E-state index contributed by atoms with van der Waals surface area (Å²) in [6.07, 6.45) is 13.3. The SMILES string of the molecule is CCCCCCCCCCCCP(=O)(Cl)OC. The monoisotopic (exact) mass is 282 g/mol. The van der Waals surface area contributed by atoms with Gasteiger partial charge in [0.1, 0.15) is 0 Å². The Kier molecular flexibility index (Phi) is 11.9. The molecule has 0 aliphatic heterocycles. The maximum absolute atomic E-state index is 11.4. The first-order chi connectivity index (χ1) is 8.12. The van der Waals surface area contributed by atoms with Crippen molar-refractivity contribution in [3.05, 3.63) is 0 Å². The molecule has 4 heteroatoms. The van der Waals surface area contributed by atoms with Crippen LogP contribution in [0, 0.1) is 0 Å². The molecule has 2 nitrogen and oxygen atoms in total. The van der Waals surface area contributed by atoms with Gasteiger partial charge in [-0.1, -0.05) is 64.7 Å². The number of unbranched alkanes of at least 4 members (excludes halogenated alkanes) is 9. The Morgan fingerprint density at radius 1 is 0.882 bits per heavy atom. The van der Waals surface area contributed by atoms with Crippen molar-refractivity contribution < 1.29 is 9.09 Å². The fraction of sp³-hybridized carbons (Fsp3) is 1.00. The predicted molar refractivity (Wildman–Crippen MR) is 77.2 cm³/mol. The van der Waals surface area contributed by atoms with E-state index in [9.17, 15) is 4.57 Å². The highest BCUT2D eigenvalue weighted by atomic mass is 35.7. The minimum absolute atomic E-state index is 0.515. The lowest BCUT2D eigenvalue weighted by atomic mass is 10.1. The summed E-state index contributed by atoms with van der Waals surface area (Å²) >= 11 is 5.67. The van der Waals surface area contributed by atoms with E-state index in [0.29, 0.717) is 6.16 Å². The highest BCUT2D eigenvalue weighted by Gasteiger charge is 2.15. The molecule has 0 aromatic heterocycles. The van der Waals surface area contributed by atoms with Crippen LogP contribution in [0.3, 0.4) is 0 Å². The minimum Gasteiger partial charge on any atom is -0.321 e. The molecule has 17 heavy (non-hydrogen) atoms. The van der Waals surface area contributed by atoms with Crippen LogP contribution in [0.5, 0.6) is 0 Å². The van der Waals surface area contributed by atoms with Crippen LogP contribution in [0.1, 0.15) is 71.1 Å². The van der Waals surface area contributed by atoms with E-state index in [1.807, 2.05) is 0 Å². The van der Waals surface area contributed by atoms with E-state index < -0.39 is 6.72 Å². The van der Waals surface area contributed by atoms with E-state index in [-0.39, 0.29) is 0 Å². The van der Waals surface area contributed by atoms with Gasteiger partial charge in [-0.25, -0.2) is 0 Å². The Labute approximate surface area is 112 Å². The summed E-state index contributed by atoms with van der Waals surface area (Å²) in [5.74, 6) is 0. The second-order valence-electron chi connectivity index (χ2n) is 4.68. The van der Waals surface area contributed by atoms with Crippen molar-refractivity contribution in [2.75, 3.05) is 13.3 Å². The molecule has 1 unspecified atom stereocenters. The molecule has 0 aromatic rings. The lowest BCUT2D eigenvalue weighted by Gasteiger charge is -2.07. The lowest BCUT2D eigenvalue weighted by molar-refractivity contribution is 0.406. The van der Waals surface area contributed by atoms with E-state index in [1.54, 1.807) is 0 Å². The first kappa shape index (κ1) is 17.5. The summed E-state index contributed by atoms with van der Waals surface area (Å²) in [7, 11) is 1.42. The largest absolute Gasteiger partial charge is 0.321 e. The molecule has 104 valence electrons. The van der Waals surface area contributed by atoms with Gasteiger partial charge in [0, 0.05) is 13.3 Å². The third kappa shape index (κ3) is 12.7. The predicted octanol–water partition coefficient (Wildman–Crippen LogP) is 5.99. The molecule has 1 atom stereocenters. The van der Waals surface area contributed by atoms with Gasteiger partial charge in [-0.15, -0.1) is 0 Å². The van der Waals surface area contributed by atoms with Gasteiger partial charge in [0.05, 0.1) is 0 Å². The van der Waals surface area contributed by atoms with Crippen LogP contribution in [-0.4, -0.2) is 13.3 Å². The quantitative estimate of drug-likeness (QED) is 0.325. The summed E-state index contributed by atoms with van der Waals surface area (Å²) < 4.78 is 16.1. The maximum atomic E-state index is 11.4. The van der Waals surface area contributed by atoms with Crippen LogP contribution < -0.4 is 0 Å². The molecule has 0 bridgehead atoms. The molecule has 0 N–H and O–H groups in total. The maximum Gasteiger partial charge on any atom is 0.289 e. The summed E-state index contributed by atoms with van der Waals surface area (Å²) in [5.41, 5.74) is 0. The molecule has 0 aromatic carbocycles. The van der Waals surface area contributed by atoms with Crippen molar-refractivity contribution >= 4 is 18.0 Å². The first-order valence-electron chi connectivity index (χ1n) is 6.97. The average Bonchev–Trinajstić information content (AvgIpc) is 2.31. The van der Waals surface area contributed by atoms with Crippen molar-refractivity contribution in [3.63, 3.8) is 0 Å². The van der Waals surface area contributed by atoms with Crippen LogP contribution in [-0.2, 0) is 9.09 Å². The molecule has 0 saturated carbocycles. The molecule has 0 radical (unpaired) electrons. The molecular weight excluding hydrogens is 255 g/mol. The summed E-state index contributed by atoms with van der Waals surface area (Å²) in [4.78, 5) is 0. The summed E-state index contributed by atoms with van der Waals surface area (Å²) in [6.45, 7) is -0.530. The standard InChI is InChI=1S/C13H28ClO2P/c1-3-4-5-6-7-8-9-10-11-12-13-17(14,15)16-2/h3-13H2,1-2H3. The van der Waals surface area contributed by atoms with Crippen molar-refractivity contribution in [2.45, 2.75) is 71.1 Å². The third-order valence-corrected chi connectivity index (χ3v) is 5.37. The number of hydrogen-bond acceptors (Lipinski definition) is 2. The van der Waals surface area contributed by atoms with E-state index in [2.05, 4.69) is 6.92 Å². The first-order valence-corrected chi connectivity index (χ1v) is 9.68. The van der Waals surface area contributed by atoms with E-state index >= 15 is 0 Å². The average molecular weight is 283 g/mol. The molecule has 0 aliphatic rings. The Bertz CT molecular complexity index is 210. The van der Waals surface area contributed by atoms with Crippen molar-refractivity contribution in [2.24, 2.45) is 0 Å². The zero-order chi connectivity index (χ0) is 13.0. The van der Waals surface area contributed by atoms with E-state index in [1.165, 1.54) is 58.5 Å². The van der Waals surface area contributed by atoms with Gasteiger partial charge in [-0.2, -0.15) is 0 Å².